The molecular weight excluding hydrogens is 326 g/mol. The van der Waals surface area contributed by atoms with Gasteiger partial charge >= 0.3 is 0 Å². The molecule has 2 heterocycles. The average molecular weight is 357 g/mol. The summed E-state index contributed by atoms with van der Waals surface area (Å²) < 4.78 is 0. The monoisotopic (exact) mass is 357 g/mol. The predicted octanol–water partition coefficient (Wildman–Crippen LogP) is 2.51. The van der Waals surface area contributed by atoms with E-state index >= 15 is 0 Å². The first kappa shape index (κ1) is 18.9. The first-order chi connectivity index (χ1) is 12.7. The lowest BCUT2D eigenvalue weighted by molar-refractivity contribution is -0.133. The number of nitrogens with zero attached hydrogens (tertiary/aromatic N) is 3. The van der Waals surface area contributed by atoms with Crippen LogP contribution < -0.4 is 0 Å². The van der Waals surface area contributed by atoms with Crippen molar-refractivity contribution in [2.75, 3.05) is 32.7 Å². The van der Waals surface area contributed by atoms with Crippen LogP contribution in [0.5, 0.6) is 0 Å². The van der Waals surface area contributed by atoms with Gasteiger partial charge in [0.2, 0.25) is 11.8 Å². The zero-order chi connectivity index (χ0) is 18.4. The lowest BCUT2D eigenvalue weighted by Crippen LogP contribution is -2.44. The van der Waals surface area contributed by atoms with Crippen LogP contribution in [0, 0.1) is 0 Å². The fourth-order valence-electron chi connectivity index (χ4n) is 4.01. The van der Waals surface area contributed by atoms with Gasteiger partial charge in [-0.1, -0.05) is 37.3 Å². The van der Waals surface area contributed by atoms with Crippen molar-refractivity contribution >= 4 is 11.8 Å². The largest absolute Gasteiger partial charge is 0.340 e. The van der Waals surface area contributed by atoms with Crippen LogP contribution >= 0.6 is 0 Å². The smallest absolute Gasteiger partial charge is 0.224 e. The standard InChI is InChI=1S/C21H31N3O2/c1-2-19-17-23(20(25)10-14-22-12-6-7-13-22)15-11-21(26)24(19)16-18-8-4-3-5-9-18/h3-5,8-9,19H,2,6-7,10-17H2,1H3/t19-/m0/s1. The Labute approximate surface area is 156 Å². The number of carbonyl (C=O) groups is 2. The van der Waals surface area contributed by atoms with Gasteiger partial charge in [0, 0.05) is 45.1 Å². The first-order valence-electron chi connectivity index (χ1n) is 10.0. The van der Waals surface area contributed by atoms with Crippen molar-refractivity contribution in [3.05, 3.63) is 35.9 Å². The molecular formula is C21H31N3O2. The third kappa shape index (κ3) is 4.85. The van der Waals surface area contributed by atoms with Crippen molar-refractivity contribution in [2.24, 2.45) is 0 Å². The molecule has 2 amide bonds. The average Bonchev–Trinajstić information content (AvgIpc) is 3.13. The molecule has 0 N–H and O–H groups in total. The minimum absolute atomic E-state index is 0.0981. The van der Waals surface area contributed by atoms with Gasteiger partial charge in [-0.2, -0.15) is 0 Å². The van der Waals surface area contributed by atoms with Crippen LogP contribution in [-0.2, 0) is 16.1 Å². The molecule has 0 radical (unpaired) electrons. The van der Waals surface area contributed by atoms with Gasteiger partial charge < -0.3 is 14.7 Å². The molecule has 0 unspecified atom stereocenters. The summed E-state index contributed by atoms with van der Waals surface area (Å²) in [6.07, 6.45) is 4.37. The third-order valence-electron chi connectivity index (χ3n) is 5.65. The molecule has 2 saturated heterocycles. The van der Waals surface area contributed by atoms with E-state index in [2.05, 4.69) is 24.0 Å². The van der Waals surface area contributed by atoms with Crippen LogP contribution in [0.15, 0.2) is 30.3 Å². The third-order valence-corrected chi connectivity index (χ3v) is 5.65. The molecule has 3 rings (SSSR count). The van der Waals surface area contributed by atoms with Crippen LogP contribution in [0.3, 0.4) is 0 Å². The second-order valence-electron chi connectivity index (χ2n) is 7.46. The predicted molar refractivity (Wildman–Crippen MR) is 103 cm³/mol. The number of hydrogen-bond acceptors (Lipinski definition) is 3. The van der Waals surface area contributed by atoms with Crippen molar-refractivity contribution < 1.29 is 9.59 Å². The number of carbonyl (C=O) groups excluding carboxylic acids is 2. The van der Waals surface area contributed by atoms with E-state index in [0.717, 1.165) is 31.6 Å². The Morgan fingerprint density at radius 3 is 2.54 bits per heavy atom. The summed E-state index contributed by atoms with van der Waals surface area (Å²) in [6, 6.07) is 10.2. The van der Waals surface area contributed by atoms with Crippen molar-refractivity contribution in [2.45, 2.75) is 51.6 Å². The molecule has 1 atom stereocenters. The highest BCUT2D eigenvalue weighted by Crippen LogP contribution is 2.18. The van der Waals surface area contributed by atoms with Crippen LogP contribution in [0.1, 0.15) is 44.6 Å². The maximum absolute atomic E-state index is 12.7. The zero-order valence-electron chi connectivity index (χ0n) is 15.9. The molecule has 0 saturated carbocycles. The Balaban J connectivity index is 1.60. The molecule has 142 valence electrons. The highest BCUT2D eigenvalue weighted by atomic mass is 16.2. The molecule has 0 aliphatic carbocycles. The van der Waals surface area contributed by atoms with Crippen molar-refractivity contribution in [3.8, 4) is 0 Å². The molecule has 1 aromatic rings. The van der Waals surface area contributed by atoms with E-state index in [1.807, 2.05) is 28.0 Å². The fraction of sp³-hybridized carbons (Fsp3) is 0.619. The van der Waals surface area contributed by atoms with Gasteiger partial charge in [0.1, 0.15) is 0 Å². The Hall–Kier alpha value is -1.88. The Kier molecular flexibility index (Phi) is 6.67. The molecule has 5 heteroatoms. The number of benzene rings is 1. The zero-order valence-corrected chi connectivity index (χ0v) is 15.9. The van der Waals surface area contributed by atoms with Gasteiger partial charge in [-0.3, -0.25) is 9.59 Å². The summed E-state index contributed by atoms with van der Waals surface area (Å²) in [5, 5.41) is 0. The van der Waals surface area contributed by atoms with Gasteiger partial charge in [0.05, 0.1) is 0 Å². The van der Waals surface area contributed by atoms with Gasteiger partial charge in [0.15, 0.2) is 0 Å². The van der Waals surface area contributed by atoms with Crippen LogP contribution in [0.25, 0.3) is 0 Å². The number of hydrogen-bond donors (Lipinski definition) is 0. The van der Waals surface area contributed by atoms with Crippen molar-refractivity contribution in [1.29, 1.82) is 0 Å². The fourth-order valence-corrected chi connectivity index (χ4v) is 4.01. The molecule has 2 aliphatic rings. The summed E-state index contributed by atoms with van der Waals surface area (Å²) >= 11 is 0. The summed E-state index contributed by atoms with van der Waals surface area (Å²) in [5.74, 6) is 0.361. The number of amides is 2. The number of likely N-dealkylation sites (tertiary alicyclic amines) is 1. The highest BCUT2D eigenvalue weighted by Gasteiger charge is 2.30. The number of rotatable bonds is 6. The molecule has 2 aliphatic heterocycles. The lowest BCUT2D eigenvalue weighted by atomic mass is 10.1. The maximum atomic E-state index is 12.7. The van der Waals surface area contributed by atoms with E-state index in [1.165, 1.54) is 12.8 Å². The summed E-state index contributed by atoms with van der Waals surface area (Å²) in [7, 11) is 0. The van der Waals surface area contributed by atoms with Crippen molar-refractivity contribution in [3.63, 3.8) is 0 Å². The quantitative estimate of drug-likeness (QED) is 0.786. The first-order valence-corrected chi connectivity index (χ1v) is 10.0. The lowest BCUT2D eigenvalue weighted by Gasteiger charge is -2.31. The molecule has 26 heavy (non-hydrogen) atoms. The van der Waals surface area contributed by atoms with Gasteiger partial charge in [0.25, 0.3) is 0 Å². The van der Waals surface area contributed by atoms with Gasteiger partial charge in [-0.15, -0.1) is 0 Å². The Morgan fingerprint density at radius 1 is 1.12 bits per heavy atom. The topological polar surface area (TPSA) is 43.9 Å². The molecule has 0 spiro atoms. The maximum Gasteiger partial charge on any atom is 0.224 e. The van der Waals surface area contributed by atoms with E-state index in [0.29, 0.717) is 32.5 Å². The SMILES string of the molecule is CC[C@H]1CN(C(=O)CCN2CCCC2)CCC(=O)N1Cc1ccccc1. The van der Waals surface area contributed by atoms with Crippen LogP contribution in [0.4, 0.5) is 0 Å². The summed E-state index contributed by atoms with van der Waals surface area (Å²) in [5.41, 5.74) is 1.15. The molecule has 0 bridgehead atoms. The van der Waals surface area contributed by atoms with Gasteiger partial charge in [-0.05, 0) is 37.9 Å². The van der Waals surface area contributed by atoms with Crippen LogP contribution in [-0.4, -0.2) is 65.3 Å². The summed E-state index contributed by atoms with van der Waals surface area (Å²) in [6.45, 7) is 7.05. The van der Waals surface area contributed by atoms with Crippen LogP contribution in [0.2, 0.25) is 0 Å². The molecule has 5 nitrogen and oxygen atoms in total. The second kappa shape index (κ2) is 9.17. The molecule has 1 aromatic carbocycles. The van der Waals surface area contributed by atoms with E-state index in [1.54, 1.807) is 0 Å². The van der Waals surface area contributed by atoms with E-state index in [4.69, 9.17) is 0 Å². The minimum Gasteiger partial charge on any atom is -0.340 e. The highest BCUT2D eigenvalue weighted by molar-refractivity contribution is 5.80. The molecule has 2 fully saturated rings. The van der Waals surface area contributed by atoms with Gasteiger partial charge in [-0.25, -0.2) is 0 Å². The van der Waals surface area contributed by atoms with E-state index in [-0.39, 0.29) is 17.9 Å². The molecule has 0 aromatic heterocycles. The van der Waals surface area contributed by atoms with Crippen molar-refractivity contribution in [1.82, 2.24) is 14.7 Å². The Bertz CT molecular complexity index is 599. The normalized spacial score (nSPS) is 21.9. The van der Waals surface area contributed by atoms with E-state index < -0.39 is 0 Å². The second-order valence-corrected chi connectivity index (χ2v) is 7.46. The van der Waals surface area contributed by atoms with E-state index in [9.17, 15) is 9.59 Å². The minimum atomic E-state index is 0.0981. The Morgan fingerprint density at radius 2 is 1.85 bits per heavy atom. The summed E-state index contributed by atoms with van der Waals surface area (Å²) in [4.78, 5) is 31.7.